The monoisotopic (exact) mass is 437 g/mol. The van der Waals surface area contributed by atoms with E-state index in [-0.39, 0.29) is 5.02 Å². The van der Waals surface area contributed by atoms with E-state index in [1.807, 2.05) is 19.2 Å². The standard InChI is InChI=1S/C22H29ClFN3O3/c1-15-10-16(12-20(23)21(15)24)11-17(22(28)26-29)6-4-5-9-27(2)14-18-7-8-19(30-3)13-25-18/h7-8,10,12-13,17,29H,4-6,9,11,14H2,1-3H3,(H,26,28)/t17-/m0/s1. The van der Waals surface area contributed by atoms with Crippen molar-refractivity contribution in [1.82, 2.24) is 15.4 Å². The van der Waals surface area contributed by atoms with Crippen molar-refractivity contribution < 1.29 is 19.1 Å². The van der Waals surface area contributed by atoms with Crippen molar-refractivity contribution >= 4 is 17.5 Å². The zero-order chi connectivity index (χ0) is 22.1. The van der Waals surface area contributed by atoms with Gasteiger partial charge in [0.1, 0.15) is 11.6 Å². The number of aromatic nitrogens is 1. The third-order valence-corrected chi connectivity index (χ3v) is 5.32. The van der Waals surface area contributed by atoms with Crippen molar-refractivity contribution in [2.24, 2.45) is 5.92 Å². The summed E-state index contributed by atoms with van der Waals surface area (Å²) in [7, 11) is 3.63. The summed E-state index contributed by atoms with van der Waals surface area (Å²) in [6.45, 7) is 3.21. The number of ether oxygens (including phenoxy) is 1. The second-order valence-corrected chi connectivity index (χ2v) is 7.92. The molecule has 0 aliphatic heterocycles. The topological polar surface area (TPSA) is 74.7 Å². The molecule has 1 aromatic heterocycles. The first-order chi connectivity index (χ1) is 14.3. The minimum atomic E-state index is -0.446. The van der Waals surface area contributed by atoms with Crippen LogP contribution in [-0.4, -0.2) is 41.7 Å². The van der Waals surface area contributed by atoms with E-state index >= 15 is 0 Å². The molecule has 2 aromatic rings. The maximum absolute atomic E-state index is 13.7. The summed E-state index contributed by atoms with van der Waals surface area (Å²) in [6.07, 6.45) is 4.40. The molecule has 0 unspecified atom stereocenters. The van der Waals surface area contributed by atoms with Gasteiger partial charge in [-0.2, -0.15) is 0 Å². The first-order valence-electron chi connectivity index (χ1n) is 9.90. The normalized spacial score (nSPS) is 12.1. The van der Waals surface area contributed by atoms with E-state index < -0.39 is 17.6 Å². The number of benzene rings is 1. The first-order valence-corrected chi connectivity index (χ1v) is 10.3. The van der Waals surface area contributed by atoms with Crippen molar-refractivity contribution in [3.05, 3.63) is 58.1 Å². The van der Waals surface area contributed by atoms with Crippen LogP contribution < -0.4 is 10.2 Å². The zero-order valence-corrected chi connectivity index (χ0v) is 18.4. The molecule has 30 heavy (non-hydrogen) atoms. The van der Waals surface area contributed by atoms with Crippen molar-refractivity contribution in [2.75, 3.05) is 20.7 Å². The van der Waals surface area contributed by atoms with Crippen LogP contribution in [0.5, 0.6) is 5.75 Å². The number of hydrogen-bond acceptors (Lipinski definition) is 5. The highest BCUT2D eigenvalue weighted by Gasteiger charge is 2.19. The Bertz CT molecular complexity index is 810. The number of methoxy groups -OCH3 is 1. The van der Waals surface area contributed by atoms with Crippen molar-refractivity contribution in [3.63, 3.8) is 0 Å². The van der Waals surface area contributed by atoms with Crippen LogP contribution in [0, 0.1) is 18.7 Å². The Labute approximate surface area is 182 Å². The molecule has 0 spiro atoms. The van der Waals surface area contributed by atoms with E-state index in [9.17, 15) is 9.18 Å². The van der Waals surface area contributed by atoms with Crippen LogP contribution in [0.3, 0.4) is 0 Å². The second kappa shape index (κ2) is 11.8. The number of carbonyl (C=O) groups excluding carboxylic acids is 1. The van der Waals surface area contributed by atoms with Crippen LogP contribution in [0.1, 0.15) is 36.1 Å². The Kier molecular flexibility index (Phi) is 9.49. The van der Waals surface area contributed by atoms with E-state index in [0.717, 1.165) is 42.9 Å². The van der Waals surface area contributed by atoms with Gasteiger partial charge in [0, 0.05) is 12.5 Å². The number of hydroxylamine groups is 1. The van der Waals surface area contributed by atoms with Gasteiger partial charge in [-0.25, -0.2) is 9.87 Å². The lowest BCUT2D eigenvalue weighted by Gasteiger charge is -2.18. The molecule has 164 valence electrons. The fraction of sp³-hybridized carbons (Fsp3) is 0.455. The number of aryl methyl sites for hydroxylation is 1. The highest BCUT2D eigenvalue weighted by molar-refractivity contribution is 6.30. The summed E-state index contributed by atoms with van der Waals surface area (Å²) in [5.74, 6) is -0.571. The van der Waals surface area contributed by atoms with Gasteiger partial charge < -0.3 is 9.64 Å². The van der Waals surface area contributed by atoms with Gasteiger partial charge in [-0.1, -0.05) is 24.1 Å². The van der Waals surface area contributed by atoms with Crippen LogP contribution in [0.4, 0.5) is 4.39 Å². The smallest absolute Gasteiger partial charge is 0.246 e. The number of nitrogens with one attached hydrogen (secondary N) is 1. The molecule has 0 aliphatic carbocycles. The second-order valence-electron chi connectivity index (χ2n) is 7.51. The number of hydrogen-bond donors (Lipinski definition) is 2. The van der Waals surface area contributed by atoms with E-state index in [1.165, 1.54) is 6.07 Å². The molecular formula is C22H29ClFN3O3. The van der Waals surface area contributed by atoms with Crippen LogP contribution in [0.15, 0.2) is 30.5 Å². The number of amides is 1. The molecule has 0 fully saturated rings. The minimum absolute atomic E-state index is 0.0434. The lowest BCUT2D eigenvalue weighted by atomic mass is 9.92. The molecule has 2 rings (SSSR count). The molecule has 0 radical (unpaired) electrons. The molecule has 1 amide bonds. The van der Waals surface area contributed by atoms with E-state index in [1.54, 1.807) is 31.8 Å². The predicted molar refractivity (Wildman–Crippen MR) is 114 cm³/mol. The van der Waals surface area contributed by atoms with Gasteiger partial charge >= 0.3 is 0 Å². The summed E-state index contributed by atoms with van der Waals surface area (Å²) in [6, 6.07) is 7.05. The van der Waals surface area contributed by atoms with Gasteiger partial charge in [-0.15, -0.1) is 0 Å². The van der Waals surface area contributed by atoms with Crippen LogP contribution in [-0.2, 0) is 17.8 Å². The molecule has 0 saturated carbocycles. The fourth-order valence-electron chi connectivity index (χ4n) is 3.37. The van der Waals surface area contributed by atoms with Crippen molar-refractivity contribution in [1.29, 1.82) is 0 Å². The molecule has 1 atom stereocenters. The molecule has 1 heterocycles. The third kappa shape index (κ3) is 7.23. The summed E-state index contributed by atoms with van der Waals surface area (Å²) < 4.78 is 18.8. The zero-order valence-electron chi connectivity index (χ0n) is 17.6. The van der Waals surface area contributed by atoms with Crippen molar-refractivity contribution in [2.45, 2.75) is 39.2 Å². The number of halogens is 2. The highest BCUT2D eigenvalue weighted by atomic mass is 35.5. The summed E-state index contributed by atoms with van der Waals surface area (Å²) in [5, 5.41) is 9.12. The summed E-state index contributed by atoms with van der Waals surface area (Å²) in [5.41, 5.74) is 3.91. The highest BCUT2D eigenvalue weighted by Crippen LogP contribution is 2.24. The van der Waals surface area contributed by atoms with Crippen molar-refractivity contribution in [3.8, 4) is 5.75 Å². The average molecular weight is 438 g/mol. The lowest BCUT2D eigenvalue weighted by molar-refractivity contribution is -0.133. The van der Waals surface area contributed by atoms with E-state index in [4.69, 9.17) is 21.5 Å². The number of nitrogens with zero attached hydrogens (tertiary/aromatic N) is 2. The average Bonchev–Trinajstić information content (AvgIpc) is 2.74. The van der Waals surface area contributed by atoms with Gasteiger partial charge in [-0.3, -0.25) is 15.0 Å². The Morgan fingerprint density at radius 3 is 2.73 bits per heavy atom. The predicted octanol–water partition coefficient (Wildman–Crippen LogP) is 4.16. The molecule has 0 saturated heterocycles. The maximum Gasteiger partial charge on any atom is 0.246 e. The molecule has 1 aromatic carbocycles. The number of unbranched alkanes of at least 4 members (excludes halogenated alkanes) is 1. The first kappa shape index (κ1) is 24.1. The van der Waals surface area contributed by atoms with Gasteiger partial charge in [0.25, 0.3) is 0 Å². The molecule has 6 nitrogen and oxygen atoms in total. The Morgan fingerprint density at radius 2 is 2.13 bits per heavy atom. The summed E-state index contributed by atoms with van der Waals surface area (Å²) in [4.78, 5) is 18.6. The molecule has 0 aliphatic rings. The molecule has 2 N–H and O–H groups in total. The third-order valence-electron chi connectivity index (χ3n) is 5.04. The Hall–Kier alpha value is -2.22. The lowest BCUT2D eigenvalue weighted by Crippen LogP contribution is -2.29. The molecule has 0 bridgehead atoms. The van der Waals surface area contributed by atoms with E-state index in [2.05, 4.69) is 9.88 Å². The minimum Gasteiger partial charge on any atom is -0.495 e. The number of pyridine rings is 1. The fourth-order valence-corrected chi connectivity index (χ4v) is 3.66. The summed E-state index contributed by atoms with van der Waals surface area (Å²) >= 11 is 5.92. The number of rotatable bonds is 11. The van der Waals surface area contributed by atoms with Crippen LogP contribution in [0.25, 0.3) is 0 Å². The Morgan fingerprint density at radius 1 is 1.37 bits per heavy atom. The quantitative estimate of drug-likeness (QED) is 0.313. The maximum atomic E-state index is 13.7. The largest absolute Gasteiger partial charge is 0.495 e. The molecular weight excluding hydrogens is 409 g/mol. The van der Waals surface area contributed by atoms with Gasteiger partial charge in [0.05, 0.1) is 24.0 Å². The van der Waals surface area contributed by atoms with Gasteiger partial charge in [0.2, 0.25) is 5.91 Å². The van der Waals surface area contributed by atoms with Gasteiger partial charge in [0.15, 0.2) is 0 Å². The van der Waals surface area contributed by atoms with E-state index in [0.29, 0.717) is 18.4 Å². The van der Waals surface area contributed by atoms with Crippen LogP contribution in [0.2, 0.25) is 5.02 Å². The number of carbonyl (C=O) groups is 1. The van der Waals surface area contributed by atoms with Gasteiger partial charge in [-0.05, 0) is 69.1 Å². The van der Waals surface area contributed by atoms with Crippen LogP contribution >= 0.6 is 11.6 Å². The SMILES string of the molecule is COc1ccc(CN(C)CCCC[C@@H](Cc2cc(C)c(F)c(Cl)c2)C(=O)NO)nc1. The molecule has 8 heteroatoms. The Balaban J connectivity index is 1.83.